The van der Waals surface area contributed by atoms with Gasteiger partial charge in [0.15, 0.2) is 0 Å². The maximum absolute atomic E-state index is 13.6. The molecule has 31 heavy (non-hydrogen) atoms. The van der Waals surface area contributed by atoms with Crippen LogP contribution in [0.3, 0.4) is 0 Å². The van der Waals surface area contributed by atoms with E-state index in [1.165, 1.54) is 4.90 Å². The summed E-state index contributed by atoms with van der Waals surface area (Å²) in [4.78, 5) is 30.3. The Balaban J connectivity index is 1.88. The van der Waals surface area contributed by atoms with Gasteiger partial charge in [0.1, 0.15) is 11.4 Å². The van der Waals surface area contributed by atoms with E-state index in [2.05, 4.69) is 0 Å². The molecule has 0 atom stereocenters. The van der Waals surface area contributed by atoms with Gasteiger partial charge in [0.2, 0.25) is 0 Å². The molecule has 3 aromatic carbocycles. The number of ether oxygens (including phenoxy) is 1. The van der Waals surface area contributed by atoms with Crippen LogP contribution in [0.25, 0.3) is 5.57 Å². The molecule has 156 valence electrons. The Hall–Kier alpha value is -3.86. The van der Waals surface area contributed by atoms with Crippen molar-refractivity contribution in [1.29, 1.82) is 0 Å². The van der Waals surface area contributed by atoms with Crippen LogP contribution < -0.4 is 14.5 Å². The summed E-state index contributed by atoms with van der Waals surface area (Å²) in [5, 5.41) is 0. The van der Waals surface area contributed by atoms with Gasteiger partial charge in [0.25, 0.3) is 11.8 Å². The molecule has 0 N–H and O–H groups in total. The van der Waals surface area contributed by atoms with Crippen molar-refractivity contribution in [1.82, 2.24) is 0 Å². The second-order valence-electron chi connectivity index (χ2n) is 7.64. The van der Waals surface area contributed by atoms with Crippen molar-refractivity contribution >= 4 is 28.8 Å². The first-order chi connectivity index (χ1) is 14.9. The lowest BCUT2D eigenvalue weighted by Gasteiger charge is -2.22. The zero-order chi connectivity index (χ0) is 22.1. The second-order valence-corrected chi connectivity index (χ2v) is 7.64. The van der Waals surface area contributed by atoms with Gasteiger partial charge in [-0.1, -0.05) is 36.4 Å². The molecule has 5 nitrogen and oxygen atoms in total. The van der Waals surface area contributed by atoms with Crippen LogP contribution in [-0.4, -0.2) is 26.0 Å². The Morgan fingerprint density at radius 1 is 0.806 bits per heavy atom. The molecule has 0 saturated carbocycles. The van der Waals surface area contributed by atoms with Crippen LogP contribution in [0.5, 0.6) is 5.75 Å². The Kier molecular flexibility index (Phi) is 5.34. The third kappa shape index (κ3) is 3.70. The summed E-state index contributed by atoms with van der Waals surface area (Å²) in [5.74, 6) is 0.00960. The summed E-state index contributed by atoms with van der Waals surface area (Å²) in [6.45, 7) is 3.91. The van der Waals surface area contributed by atoms with Gasteiger partial charge in [-0.15, -0.1) is 0 Å². The minimum absolute atomic E-state index is 0.335. The van der Waals surface area contributed by atoms with E-state index in [0.29, 0.717) is 28.3 Å². The second kappa shape index (κ2) is 8.11. The summed E-state index contributed by atoms with van der Waals surface area (Å²) >= 11 is 0. The molecular formula is C26H24N2O3. The summed E-state index contributed by atoms with van der Waals surface area (Å²) in [7, 11) is 3.40. The van der Waals surface area contributed by atoms with Gasteiger partial charge >= 0.3 is 0 Å². The summed E-state index contributed by atoms with van der Waals surface area (Å²) in [6.07, 6.45) is 0. The first-order valence-corrected chi connectivity index (χ1v) is 10.0. The Labute approximate surface area is 182 Å². The highest BCUT2D eigenvalue weighted by Gasteiger charge is 2.42. The number of nitrogens with zero attached hydrogens (tertiary/aromatic N) is 2. The quantitative estimate of drug-likeness (QED) is 0.569. The van der Waals surface area contributed by atoms with Crippen molar-refractivity contribution in [2.45, 2.75) is 13.8 Å². The van der Waals surface area contributed by atoms with Gasteiger partial charge in [0, 0.05) is 12.7 Å². The Morgan fingerprint density at radius 3 is 2.00 bits per heavy atom. The lowest BCUT2D eigenvalue weighted by atomic mass is 10.0. The average Bonchev–Trinajstić information content (AvgIpc) is 3.03. The lowest BCUT2D eigenvalue weighted by Crippen LogP contribution is -2.34. The smallest absolute Gasteiger partial charge is 0.282 e. The van der Waals surface area contributed by atoms with Gasteiger partial charge < -0.3 is 9.64 Å². The van der Waals surface area contributed by atoms with E-state index in [-0.39, 0.29) is 11.8 Å². The van der Waals surface area contributed by atoms with Crippen molar-refractivity contribution in [3.63, 3.8) is 0 Å². The van der Waals surface area contributed by atoms with Crippen LogP contribution >= 0.6 is 0 Å². The number of methoxy groups -OCH3 is 1. The van der Waals surface area contributed by atoms with E-state index in [1.807, 2.05) is 81.6 Å². The number of rotatable bonds is 5. The van der Waals surface area contributed by atoms with Crippen LogP contribution in [-0.2, 0) is 9.59 Å². The lowest BCUT2D eigenvalue weighted by molar-refractivity contribution is -0.120. The molecular weight excluding hydrogens is 388 g/mol. The number of anilines is 2. The number of aryl methyl sites for hydroxylation is 2. The van der Waals surface area contributed by atoms with E-state index in [0.717, 1.165) is 16.8 Å². The van der Waals surface area contributed by atoms with Gasteiger partial charge in [-0.2, -0.15) is 0 Å². The highest BCUT2D eigenvalue weighted by atomic mass is 16.5. The van der Waals surface area contributed by atoms with Crippen molar-refractivity contribution in [2.24, 2.45) is 0 Å². The van der Waals surface area contributed by atoms with Crippen molar-refractivity contribution < 1.29 is 14.3 Å². The molecule has 2 amide bonds. The summed E-state index contributed by atoms with van der Waals surface area (Å²) in [6, 6.07) is 22.5. The molecule has 1 aliphatic heterocycles. The topological polar surface area (TPSA) is 49.9 Å². The van der Waals surface area contributed by atoms with E-state index in [4.69, 9.17) is 4.74 Å². The third-order valence-corrected chi connectivity index (χ3v) is 5.38. The number of para-hydroxylation sites is 1. The minimum Gasteiger partial charge on any atom is -0.497 e. The highest BCUT2D eigenvalue weighted by molar-refractivity contribution is 6.46. The monoisotopic (exact) mass is 412 g/mol. The molecule has 4 rings (SSSR count). The fraction of sp³-hybridized carbons (Fsp3) is 0.154. The van der Waals surface area contributed by atoms with Gasteiger partial charge in [0.05, 0.1) is 18.4 Å². The number of benzene rings is 3. The highest BCUT2D eigenvalue weighted by Crippen LogP contribution is 2.37. The third-order valence-electron chi connectivity index (χ3n) is 5.38. The standard InChI is InChI=1S/C26H24N2O3/c1-17-14-18(2)16-21(15-17)28-25(29)23(19-10-12-22(31-4)13-11-19)24(26(28)30)27(3)20-8-6-5-7-9-20/h5-16H,1-4H3. The molecule has 1 aliphatic rings. The van der Waals surface area contributed by atoms with Crippen molar-refractivity contribution in [3.05, 3.63) is 95.2 Å². The number of carbonyl (C=O) groups is 2. The molecule has 0 bridgehead atoms. The Bertz CT molecular complexity index is 1160. The van der Waals surface area contributed by atoms with Crippen molar-refractivity contribution in [3.8, 4) is 5.75 Å². The van der Waals surface area contributed by atoms with Gasteiger partial charge in [-0.3, -0.25) is 9.59 Å². The SMILES string of the molecule is COc1ccc(C2=C(N(C)c3ccccc3)C(=O)N(c3cc(C)cc(C)c3)C2=O)cc1. The van der Waals surface area contributed by atoms with Gasteiger partial charge in [-0.25, -0.2) is 4.90 Å². The van der Waals surface area contributed by atoms with E-state index < -0.39 is 0 Å². The largest absolute Gasteiger partial charge is 0.497 e. The molecule has 1 heterocycles. The number of hydrogen-bond acceptors (Lipinski definition) is 4. The summed E-state index contributed by atoms with van der Waals surface area (Å²) < 4.78 is 5.25. The number of hydrogen-bond donors (Lipinski definition) is 0. The normalized spacial score (nSPS) is 13.7. The molecule has 0 saturated heterocycles. The van der Waals surface area contributed by atoms with Crippen LogP contribution in [0.4, 0.5) is 11.4 Å². The van der Waals surface area contributed by atoms with E-state index in [9.17, 15) is 9.59 Å². The molecule has 3 aromatic rings. The molecule has 0 spiro atoms. The average molecular weight is 412 g/mol. The van der Waals surface area contributed by atoms with E-state index in [1.54, 1.807) is 24.1 Å². The zero-order valence-corrected chi connectivity index (χ0v) is 18.0. The fourth-order valence-corrected chi connectivity index (χ4v) is 3.94. The van der Waals surface area contributed by atoms with Gasteiger partial charge in [-0.05, 0) is 66.9 Å². The zero-order valence-electron chi connectivity index (χ0n) is 18.0. The first kappa shape index (κ1) is 20.4. The minimum atomic E-state index is -0.341. The molecule has 5 heteroatoms. The van der Waals surface area contributed by atoms with Crippen molar-refractivity contribution in [2.75, 3.05) is 24.0 Å². The van der Waals surface area contributed by atoms with E-state index >= 15 is 0 Å². The molecule has 0 aliphatic carbocycles. The number of amides is 2. The number of imide groups is 1. The first-order valence-electron chi connectivity index (χ1n) is 10.0. The van der Waals surface area contributed by atoms with Crippen LogP contribution in [0.1, 0.15) is 16.7 Å². The number of carbonyl (C=O) groups excluding carboxylic acids is 2. The fourth-order valence-electron chi connectivity index (χ4n) is 3.94. The van der Waals surface area contributed by atoms with Crippen LogP contribution in [0, 0.1) is 13.8 Å². The maximum atomic E-state index is 13.6. The van der Waals surface area contributed by atoms with Crippen LogP contribution in [0.2, 0.25) is 0 Å². The molecule has 0 unspecified atom stereocenters. The summed E-state index contributed by atoms with van der Waals surface area (Å²) in [5.41, 5.74) is 4.78. The molecule has 0 aromatic heterocycles. The number of likely N-dealkylation sites (N-methyl/N-ethyl adjacent to an activating group) is 1. The molecule has 0 radical (unpaired) electrons. The predicted octanol–water partition coefficient (Wildman–Crippen LogP) is 4.73. The predicted molar refractivity (Wildman–Crippen MR) is 123 cm³/mol. The van der Waals surface area contributed by atoms with Crippen LogP contribution in [0.15, 0.2) is 78.5 Å². The molecule has 0 fully saturated rings. The Morgan fingerprint density at radius 2 is 1.42 bits per heavy atom. The maximum Gasteiger partial charge on any atom is 0.282 e.